The Bertz CT molecular complexity index is 1230. The van der Waals surface area contributed by atoms with E-state index in [1.807, 2.05) is 19.9 Å². The van der Waals surface area contributed by atoms with E-state index in [2.05, 4.69) is 15.9 Å². The van der Waals surface area contributed by atoms with Gasteiger partial charge in [0.2, 0.25) is 0 Å². The van der Waals surface area contributed by atoms with E-state index in [1.54, 1.807) is 24.3 Å². The van der Waals surface area contributed by atoms with E-state index in [9.17, 15) is 13.2 Å². The molecule has 0 aromatic heterocycles. The predicted molar refractivity (Wildman–Crippen MR) is 133 cm³/mol. The molecule has 0 heterocycles. The molecular weight excluding hydrogens is 530 g/mol. The van der Waals surface area contributed by atoms with Crippen molar-refractivity contribution >= 4 is 49.1 Å². The van der Waals surface area contributed by atoms with Crippen molar-refractivity contribution in [3.05, 3.63) is 81.8 Å². The largest absolute Gasteiger partial charge is 0.497 e. The van der Waals surface area contributed by atoms with E-state index in [-0.39, 0.29) is 16.5 Å². The predicted octanol–water partition coefficient (Wildman–Crippen LogP) is 6.04. The summed E-state index contributed by atoms with van der Waals surface area (Å²) in [7, 11) is -2.73. The van der Waals surface area contributed by atoms with Gasteiger partial charge >= 0.3 is 0 Å². The van der Waals surface area contributed by atoms with E-state index >= 15 is 0 Å². The van der Waals surface area contributed by atoms with Crippen molar-refractivity contribution in [2.75, 3.05) is 18.0 Å². The molecule has 0 spiro atoms. The Labute approximate surface area is 207 Å². The number of methoxy groups -OCH3 is 1. The van der Waals surface area contributed by atoms with Crippen molar-refractivity contribution in [1.82, 2.24) is 0 Å². The third kappa shape index (κ3) is 5.88. The zero-order valence-electron chi connectivity index (χ0n) is 18.3. The number of amides is 1. The quantitative estimate of drug-likeness (QED) is 0.341. The molecule has 0 aliphatic carbocycles. The Kier molecular flexibility index (Phi) is 8.05. The van der Waals surface area contributed by atoms with E-state index < -0.39 is 22.5 Å². The molecule has 3 aromatic carbocycles. The summed E-state index contributed by atoms with van der Waals surface area (Å²) in [6.45, 7) is 3.54. The molecule has 0 saturated heterocycles. The number of hydrogen-bond donors (Lipinski definition) is 0. The molecule has 0 radical (unpaired) electrons. The molecule has 0 aliphatic heterocycles. The molecule has 33 heavy (non-hydrogen) atoms. The highest BCUT2D eigenvalue weighted by Crippen LogP contribution is 2.31. The van der Waals surface area contributed by atoms with Gasteiger partial charge in [-0.05, 0) is 78.2 Å². The van der Waals surface area contributed by atoms with Crippen LogP contribution in [0.4, 0.5) is 5.69 Å². The van der Waals surface area contributed by atoms with Crippen LogP contribution in [0.3, 0.4) is 0 Å². The first-order chi connectivity index (χ1) is 15.6. The average molecular weight is 553 g/mol. The fourth-order valence-electron chi connectivity index (χ4n) is 3.15. The minimum atomic E-state index is -4.23. The van der Waals surface area contributed by atoms with Gasteiger partial charge in [-0.3, -0.25) is 4.79 Å². The Morgan fingerprint density at radius 3 is 2.24 bits per heavy atom. The van der Waals surface area contributed by atoms with Crippen molar-refractivity contribution in [1.29, 1.82) is 0 Å². The molecule has 0 aliphatic rings. The van der Waals surface area contributed by atoms with Crippen LogP contribution in [0.5, 0.6) is 11.5 Å². The van der Waals surface area contributed by atoms with Crippen LogP contribution in [0.25, 0.3) is 0 Å². The number of nitrogens with zero attached hydrogens (tertiary/aromatic N) is 1. The molecule has 0 atom stereocenters. The van der Waals surface area contributed by atoms with Crippen LogP contribution in [0.1, 0.15) is 25.3 Å². The third-order valence-corrected chi connectivity index (χ3v) is 7.34. The highest BCUT2D eigenvalue weighted by Gasteiger charge is 2.31. The SMILES string of the molecule is COc1ccc(N(C(=O)COc2ccc(Br)cc2C(C)C)S(=O)(=O)c2ccc(Cl)cc2)cc1. The lowest BCUT2D eigenvalue weighted by Gasteiger charge is -2.23. The standard InChI is InChI=1S/C24H23BrClNO5S/c1-16(2)22-14-17(25)4-13-23(22)32-15-24(28)27(19-7-9-20(31-3)10-8-19)33(29,30)21-11-5-18(26)6-12-21/h4-14,16H,15H2,1-3H3. The molecule has 0 fully saturated rings. The van der Waals surface area contributed by atoms with Crippen molar-refractivity contribution in [3.63, 3.8) is 0 Å². The average Bonchev–Trinajstić information content (AvgIpc) is 2.79. The molecule has 0 saturated carbocycles. The first-order valence-corrected chi connectivity index (χ1v) is 12.6. The van der Waals surface area contributed by atoms with Crippen LogP contribution in [0, 0.1) is 0 Å². The third-order valence-electron chi connectivity index (χ3n) is 4.83. The Hall–Kier alpha value is -2.55. The fourth-order valence-corrected chi connectivity index (χ4v) is 5.06. The molecule has 3 rings (SSSR count). The summed E-state index contributed by atoms with van der Waals surface area (Å²) >= 11 is 9.35. The number of anilines is 1. The molecule has 6 nitrogen and oxygen atoms in total. The number of halogens is 2. The Morgan fingerprint density at radius 1 is 1.03 bits per heavy atom. The summed E-state index contributed by atoms with van der Waals surface area (Å²) in [5.41, 5.74) is 1.06. The van der Waals surface area contributed by atoms with Gasteiger partial charge in [0, 0.05) is 9.50 Å². The van der Waals surface area contributed by atoms with Crippen molar-refractivity contribution in [2.45, 2.75) is 24.7 Å². The number of carbonyl (C=O) groups is 1. The van der Waals surface area contributed by atoms with E-state index in [0.717, 1.165) is 14.3 Å². The minimum absolute atomic E-state index is 0.0671. The monoisotopic (exact) mass is 551 g/mol. The second-order valence-electron chi connectivity index (χ2n) is 7.44. The lowest BCUT2D eigenvalue weighted by molar-refractivity contribution is -0.119. The van der Waals surface area contributed by atoms with Crippen LogP contribution < -0.4 is 13.8 Å². The van der Waals surface area contributed by atoms with Gasteiger partial charge in [0.15, 0.2) is 6.61 Å². The summed E-state index contributed by atoms with van der Waals surface area (Å²) in [6.07, 6.45) is 0. The van der Waals surface area contributed by atoms with E-state index in [1.165, 1.54) is 43.5 Å². The van der Waals surface area contributed by atoms with Crippen LogP contribution in [-0.4, -0.2) is 28.0 Å². The number of benzene rings is 3. The van der Waals surface area contributed by atoms with Gasteiger partial charge in [-0.2, -0.15) is 4.31 Å². The number of rotatable bonds is 8. The number of hydrogen-bond acceptors (Lipinski definition) is 5. The molecule has 1 amide bonds. The zero-order chi connectivity index (χ0) is 24.2. The van der Waals surface area contributed by atoms with Crippen LogP contribution in [-0.2, 0) is 14.8 Å². The Balaban J connectivity index is 1.97. The summed E-state index contributed by atoms with van der Waals surface area (Å²) in [4.78, 5) is 13.2. The van der Waals surface area contributed by atoms with Gasteiger partial charge in [0.1, 0.15) is 11.5 Å². The topological polar surface area (TPSA) is 72.9 Å². The molecule has 0 unspecified atom stereocenters. The maximum absolute atomic E-state index is 13.4. The van der Waals surface area contributed by atoms with Gasteiger partial charge in [-0.1, -0.05) is 41.4 Å². The minimum Gasteiger partial charge on any atom is -0.497 e. The summed E-state index contributed by atoms with van der Waals surface area (Å²) < 4.78 is 39.4. The first kappa shape index (κ1) is 25.1. The van der Waals surface area contributed by atoms with Gasteiger partial charge in [-0.15, -0.1) is 0 Å². The van der Waals surface area contributed by atoms with Gasteiger partial charge < -0.3 is 9.47 Å². The van der Waals surface area contributed by atoms with Crippen molar-refractivity contribution < 1.29 is 22.7 Å². The highest BCUT2D eigenvalue weighted by molar-refractivity contribution is 9.10. The fraction of sp³-hybridized carbons (Fsp3) is 0.208. The van der Waals surface area contributed by atoms with Gasteiger partial charge in [0.25, 0.3) is 15.9 Å². The van der Waals surface area contributed by atoms with Crippen LogP contribution >= 0.6 is 27.5 Å². The molecule has 3 aromatic rings. The van der Waals surface area contributed by atoms with E-state index in [0.29, 0.717) is 16.5 Å². The smallest absolute Gasteiger partial charge is 0.278 e. The van der Waals surface area contributed by atoms with Crippen LogP contribution in [0.15, 0.2) is 76.1 Å². The molecule has 0 bridgehead atoms. The zero-order valence-corrected chi connectivity index (χ0v) is 21.4. The first-order valence-electron chi connectivity index (χ1n) is 10.0. The lowest BCUT2D eigenvalue weighted by Crippen LogP contribution is -2.40. The second-order valence-corrected chi connectivity index (χ2v) is 10.6. The number of ether oxygens (including phenoxy) is 2. The van der Waals surface area contributed by atoms with E-state index in [4.69, 9.17) is 21.1 Å². The molecule has 174 valence electrons. The Morgan fingerprint density at radius 2 is 1.67 bits per heavy atom. The van der Waals surface area contributed by atoms with Crippen LogP contribution in [0.2, 0.25) is 5.02 Å². The molecule has 0 N–H and O–H groups in total. The maximum Gasteiger partial charge on any atom is 0.278 e. The van der Waals surface area contributed by atoms with Gasteiger partial charge in [0.05, 0.1) is 17.7 Å². The second kappa shape index (κ2) is 10.6. The lowest BCUT2D eigenvalue weighted by atomic mass is 10.0. The van der Waals surface area contributed by atoms with Gasteiger partial charge in [-0.25, -0.2) is 8.42 Å². The molecular formula is C24H23BrClNO5S. The maximum atomic E-state index is 13.4. The summed E-state index contributed by atoms with van der Waals surface area (Å²) in [5, 5.41) is 0.385. The van der Waals surface area contributed by atoms with Crippen molar-refractivity contribution in [2.24, 2.45) is 0 Å². The normalized spacial score (nSPS) is 11.3. The molecule has 9 heteroatoms. The number of carbonyl (C=O) groups excluding carboxylic acids is 1. The summed E-state index contributed by atoms with van der Waals surface area (Å²) in [6, 6.07) is 17.3. The highest BCUT2D eigenvalue weighted by atomic mass is 79.9. The number of sulfonamides is 1. The van der Waals surface area contributed by atoms with Crippen molar-refractivity contribution in [3.8, 4) is 11.5 Å². The summed E-state index contributed by atoms with van der Waals surface area (Å²) in [5.74, 6) is 0.443.